The minimum Gasteiger partial charge on any atom is -0.481 e. The normalized spacial score (nSPS) is 20.4. The van der Waals surface area contributed by atoms with E-state index in [-0.39, 0.29) is 23.3 Å². The van der Waals surface area contributed by atoms with Gasteiger partial charge in [0.25, 0.3) is 0 Å². The van der Waals surface area contributed by atoms with Gasteiger partial charge in [0.15, 0.2) is 0 Å². The average Bonchev–Trinajstić information content (AvgIpc) is 2.92. The second-order valence-electron chi connectivity index (χ2n) is 6.48. The predicted octanol–water partition coefficient (Wildman–Crippen LogP) is 1.29. The minimum absolute atomic E-state index is 0.0480. The highest BCUT2D eigenvalue weighted by molar-refractivity contribution is 7.86. The van der Waals surface area contributed by atoms with Crippen LogP contribution in [0.2, 0.25) is 0 Å². The Kier molecular flexibility index (Phi) is 4.76. The average molecular weight is 289 g/mol. The molecule has 1 saturated carbocycles. The summed E-state index contributed by atoms with van der Waals surface area (Å²) < 4.78 is 12.2. The summed E-state index contributed by atoms with van der Waals surface area (Å²) in [6.45, 7) is 7.24. The summed E-state index contributed by atoms with van der Waals surface area (Å²) in [5.41, 5.74) is -0.694. The number of carboxylic acid groups (broad SMARTS) is 1. The van der Waals surface area contributed by atoms with Crippen molar-refractivity contribution < 1.29 is 18.9 Å². The van der Waals surface area contributed by atoms with Crippen molar-refractivity contribution in [2.45, 2.75) is 57.7 Å². The van der Waals surface area contributed by atoms with Crippen molar-refractivity contribution in [2.75, 3.05) is 5.75 Å². The third-order valence-electron chi connectivity index (χ3n) is 3.19. The second kappa shape index (κ2) is 5.61. The van der Waals surface area contributed by atoms with Crippen molar-refractivity contribution in [3.63, 3.8) is 0 Å². The number of hydrogen-bond donors (Lipinski definition) is 2. The molecule has 5 nitrogen and oxygen atoms in total. The SMILES string of the molecule is CC(C(=O)NC(C)(C)C)S(=O)CC1(CC(=O)O)CC1. The van der Waals surface area contributed by atoms with Crippen LogP contribution in [0.4, 0.5) is 0 Å². The lowest BCUT2D eigenvalue weighted by molar-refractivity contribution is -0.138. The first-order chi connectivity index (χ1) is 8.55. The summed E-state index contributed by atoms with van der Waals surface area (Å²) in [4.78, 5) is 22.7. The number of carbonyl (C=O) groups is 2. The van der Waals surface area contributed by atoms with Gasteiger partial charge in [0.1, 0.15) is 5.25 Å². The van der Waals surface area contributed by atoms with E-state index in [2.05, 4.69) is 5.32 Å². The van der Waals surface area contributed by atoms with Crippen molar-refractivity contribution in [3.8, 4) is 0 Å². The molecule has 2 N–H and O–H groups in total. The van der Waals surface area contributed by atoms with Crippen molar-refractivity contribution in [3.05, 3.63) is 0 Å². The van der Waals surface area contributed by atoms with Gasteiger partial charge >= 0.3 is 5.97 Å². The number of carboxylic acids is 1. The van der Waals surface area contributed by atoms with E-state index in [0.29, 0.717) is 5.75 Å². The predicted molar refractivity (Wildman–Crippen MR) is 74.3 cm³/mol. The summed E-state index contributed by atoms with van der Waals surface area (Å²) >= 11 is 0. The third kappa shape index (κ3) is 5.30. The maximum atomic E-state index is 12.2. The summed E-state index contributed by atoms with van der Waals surface area (Å²) in [6, 6.07) is 0. The number of rotatable bonds is 6. The van der Waals surface area contributed by atoms with Crippen LogP contribution in [-0.2, 0) is 20.4 Å². The van der Waals surface area contributed by atoms with Gasteiger partial charge in [-0.15, -0.1) is 0 Å². The number of aliphatic carboxylic acids is 1. The van der Waals surface area contributed by atoms with Crippen LogP contribution >= 0.6 is 0 Å². The molecule has 0 heterocycles. The summed E-state index contributed by atoms with van der Waals surface area (Å²) in [6.07, 6.45) is 1.63. The van der Waals surface area contributed by atoms with Crippen LogP contribution in [0.1, 0.15) is 47.0 Å². The minimum atomic E-state index is -1.33. The fourth-order valence-corrected chi connectivity index (χ4v) is 3.43. The highest BCUT2D eigenvalue weighted by Gasteiger charge is 2.46. The lowest BCUT2D eigenvalue weighted by atomic mass is 10.1. The smallest absolute Gasteiger partial charge is 0.303 e. The van der Waals surface area contributed by atoms with Crippen molar-refractivity contribution in [1.82, 2.24) is 5.32 Å². The van der Waals surface area contributed by atoms with Gasteiger partial charge in [-0.25, -0.2) is 0 Å². The quantitative estimate of drug-likeness (QED) is 0.772. The van der Waals surface area contributed by atoms with Gasteiger partial charge in [-0.1, -0.05) is 0 Å². The zero-order valence-corrected chi connectivity index (χ0v) is 12.8. The molecule has 0 radical (unpaired) electrons. The van der Waals surface area contributed by atoms with Crippen LogP contribution in [0.5, 0.6) is 0 Å². The third-order valence-corrected chi connectivity index (χ3v) is 5.09. The topological polar surface area (TPSA) is 83.5 Å². The van der Waals surface area contributed by atoms with Crippen molar-refractivity contribution in [2.24, 2.45) is 5.41 Å². The molecule has 1 amide bonds. The van der Waals surface area contributed by atoms with Gasteiger partial charge in [0.05, 0.1) is 6.42 Å². The van der Waals surface area contributed by atoms with E-state index < -0.39 is 22.0 Å². The van der Waals surface area contributed by atoms with E-state index in [1.54, 1.807) is 6.92 Å². The zero-order valence-electron chi connectivity index (χ0n) is 12.0. The number of nitrogens with one attached hydrogen (secondary N) is 1. The van der Waals surface area contributed by atoms with Crippen LogP contribution < -0.4 is 5.32 Å². The van der Waals surface area contributed by atoms with E-state index in [1.807, 2.05) is 20.8 Å². The Bertz CT molecular complexity index is 396. The van der Waals surface area contributed by atoms with Gasteiger partial charge < -0.3 is 10.4 Å². The summed E-state index contributed by atoms with van der Waals surface area (Å²) in [5.74, 6) is -0.795. The first-order valence-corrected chi connectivity index (χ1v) is 7.84. The number of hydrogen-bond acceptors (Lipinski definition) is 3. The van der Waals surface area contributed by atoms with Gasteiger partial charge in [-0.3, -0.25) is 13.8 Å². The lowest BCUT2D eigenvalue weighted by Gasteiger charge is -2.23. The van der Waals surface area contributed by atoms with Gasteiger partial charge in [0, 0.05) is 22.1 Å². The van der Waals surface area contributed by atoms with Crippen LogP contribution in [0, 0.1) is 5.41 Å². The lowest BCUT2D eigenvalue weighted by Crippen LogP contribution is -2.46. The van der Waals surface area contributed by atoms with Crippen LogP contribution in [0.15, 0.2) is 0 Å². The Balaban J connectivity index is 2.54. The van der Waals surface area contributed by atoms with Crippen molar-refractivity contribution in [1.29, 1.82) is 0 Å². The molecular weight excluding hydrogens is 266 g/mol. The monoisotopic (exact) mass is 289 g/mol. The molecule has 0 saturated heterocycles. The Hall–Kier alpha value is -0.910. The largest absolute Gasteiger partial charge is 0.481 e. The van der Waals surface area contributed by atoms with Gasteiger partial charge in [-0.05, 0) is 46.0 Å². The molecule has 1 aliphatic rings. The van der Waals surface area contributed by atoms with Crippen LogP contribution in [-0.4, -0.2) is 37.7 Å². The Morgan fingerprint density at radius 3 is 2.26 bits per heavy atom. The molecule has 1 rings (SSSR count). The highest BCUT2D eigenvalue weighted by Crippen LogP contribution is 2.49. The fraction of sp³-hybridized carbons (Fsp3) is 0.846. The zero-order chi connectivity index (χ0) is 14.8. The summed E-state index contributed by atoms with van der Waals surface area (Å²) in [5, 5.41) is 11.0. The first-order valence-electron chi connectivity index (χ1n) is 6.46. The van der Waals surface area contributed by atoms with Gasteiger partial charge in [0.2, 0.25) is 5.91 Å². The molecule has 0 spiro atoms. The second-order valence-corrected chi connectivity index (χ2v) is 8.23. The standard InChI is InChI=1S/C13H23NO4S/c1-9(11(17)14-12(2,3)4)19(18)8-13(5-6-13)7-10(15)16/h9H,5-8H2,1-4H3,(H,14,17)(H,15,16). The highest BCUT2D eigenvalue weighted by atomic mass is 32.2. The maximum absolute atomic E-state index is 12.2. The van der Waals surface area contributed by atoms with Crippen molar-refractivity contribution >= 4 is 22.7 Å². The summed E-state index contributed by atoms with van der Waals surface area (Å²) in [7, 11) is -1.33. The molecule has 1 fully saturated rings. The van der Waals surface area contributed by atoms with Gasteiger partial charge in [-0.2, -0.15) is 0 Å². The Morgan fingerprint density at radius 2 is 1.89 bits per heavy atom. The molecule has 19 heavy (non-hydrogen) atoms. The van der Waals surface area contributed by atoms with E-state index in [1.165, 1.54) is 0 Å². The Labute approximate surface area is 116 Å². The molecular formula is C13H23NO4S. The van der Waals surface area contributed by atoms with E-state index in [9.17, 15) is 13.8 Å². The van der Waals surface area contributed by atoms with E-state index in [0.717, 1.165) is 12.8 Å². The molecule has 6 heteroatoms. The number of carbonyl (C=O) groups excluding carboxylic acids is 1. The molecule has 2 unspecified atom stereocenters. The fourth-order valence-electron chi connectivity index (χ4n) is 1.89. The molecule has 0 aromatic carbocycles. The van der Waals surface area contributed by atoms with Crippen LogP contribution in [0.3, 0.4) is 0 Å². The molecule has 1 aliphatic carbocycles. The maximum Gasteiger partial charge on any atom is 0.303 e. The Morgan fingerprint density at radius 1 is 1.37 bits per heavy atom. The van der Waals surface area contributed by atoms with Crippen LogP contribution in [0.25, 0.3) is 0 Å². The molecule has 0 aliphatic heterocycles. The molecule has 110 valence electrons. The first kappa shape index (κ1) is 16.1. The number of amides is 1. The molecule has 2 atom stereocenters. The molecule has 0 aromatic heterocycles. The van der Waals surface area contributed by atoms with E-state index in [4.69, 9.17) is 5.11 Å². The molecule has 0 bridgehead atoms. The molecule has 0 aromatic rings. The van der Waals surface area contributed by atoms with E-state index >= 15 is 0 Å².